The third-order valence-corrected chi connectivity index (χ3v) is 2.43. The van der Waals surface area contributed by atoms with Crippen LogP contribution in [0.25, 0.3) is 0 Å². The smallest absolute Gasteiger partial charge is 0.226 e. The van der Waals surface area contributed by atoms with Gasteiger partial charge in [-0.15, -0.1) is 10.2 Å². The van der Waals surface area contributed by atoms with E-state index in [4.69, 9.17) is 5.73 Å². The van der Waals surface area contributed by atoms with Crippen molar-refractivity contribution in [2.75, 3.05) is 18.0 Å². The van der Waals surface area contributed by atoms with Crippen LogP contribution in [0.3, 0.4) is 0 Å². The number of aromatic nitrogens is 3. The fraction of sp³-hybridized carbons (Fsp3) is 0.750. The van der Waals surface area contributed by atoms with Crippen LogP contribution in [0.1, 0.15) is 12.8 Å². The maximum Gasteiger partial charge on any atom is 0.226 e. The fourth-order valence-electron chi connectivity index (χ4n) is 1.76. The standard InChI is InChI=1S/C8H15N5/c1-12-6-10-11-8(12)13-4-2-3-7(9)5-13/h6-7H,2-5,9H2,1H3/t7-/m1/s1. The summed E-state index contributed by atoms with van der Waals surface area (Å²) in [5.74, 6) is 0.926. The lowest BCUT2D eigenvalue weighted by Gasteiger charge is -2.30. The van der Waals surface area contributed by atoms with Crippen molar-refractivity contribution in [3.8, 4) is 0 Å². The summed E-state index contributed by atoms with van der Waals surface area (Å²) in [6.45, 7) is 1.94. The second kappa shape index (κ2) is 3.33. The third-order valence-electron chi connectivity index (χ3n) is 2.43. The first-order valence-electron chi connectivity index (χ1n) is 4.62. The van der Waals surface area contributed by atoms with E-state index in [0.29, 0.717) is 0 Å². The maximum absolute atomic E-state index is 5.88. The van der Waals surface area contributed by atoms with Crippen LogP contribution in [-0.2, 0) is 7.05 Å². The molecule has 0 spiro atoms. The predicted molar refractivity (Wildman–Crippen MR) is 50.4 cm³/mol. The lowest BCUT2D eigenvalue weighted by Crippen LogP contribution is -2.43. The maximum atomic E-state index is 5.88. The van der Waals surface area contributed by atoms with E-state index < -0.39 is 0 Å². The first-order valence-corrected chi connectivity index (χ1v) is 4.62. The molecule has 1 aliphatic rings. The van der Waals surface area contributed by atoms with Crippen LogP contribution in [0.15, 0.2) is 6.33 Å². The van der Waals surface area contributed by atoms with Gasteiger partial charge in [-0.1, -0.05) is 0 Å². The molecule has 1 aliphatic heterocycles. The van der Waals surface area contributed by atoms with Gasteiger partial charge < -0.3 is 15.2 Å². The summed E-state index contributed by atoms with van der Waals surface area (Å²) in [6, 6.07) is 0.283. The Bertz CT molecular complexity index is 282. The zero-order valence-electron chi connectivity index (χ0n) is 7.85. The molecular formula is C8H15N5. The zero-order valence-corrected chi connectivity index (χ0v) is 7.85. The van der Waals surface area contributed by atoms with Crippen LogP contribution in [0, 0.1) is 0 Å². The van der Waals surface area contributed by atoms with Crippen LogP contribution >= 0.6 is 0 Å². The molecule has 0 unspecified atom stereocenters. The molecule has 13 heavy (non-hydrogen) atoms. The quantitative estimate of drug-likeness (QED) is 0.648. The summed E-state index contributed by atoms with van der Waals surface area (Å²) in [6.07, 6.45) is 3.98. The Balaban J connectivity index is 2.12. The van der Waals surface area contributed by atoms with Gasteiger partial charge in [-0.25, -0.2) is 0 Å². The Morgan fingerprint density at radius 1 is 1.62 bits per heavy atom. The van der Waals surface area contributed by atoms with Crippen molar-refractivity contribution in [3.05, 3.63) is 6.33 Å². The van der Waals surface area contributed by atoms with Crippen LogP contribution < -0.4 is 10.6 Å². The molecule has 1 saturated heterocycles. The minimum Gasteiger partial charge on any atom is -0.339 e. The summed E-state index contributed by atoms with van der Waals surface area (Å²) in [5.41, 5.74) is 5.88. The minimum atomic E-state index is 0.283. The number of hydrogen-bond acceptors (Lipinski definition) is 4. The van der Waals surface area contributed by atoms with E-state index in [1.54, 1.807) is 6.33 Å². The van der Waals surface area contributed by atoms with Gasteiger partial charge in [0, 0.05) is 26.2 Å². The zero-order chi connectivity index (χ0) is 9.26. The first kappa shape index (κ1) is 8.50. The minimum absolute atomic E-state index is 0.283. The lowest BCUT2D eigenvalue weighted by atomic mass is 10.1. The van der Waals surface area contributed by atoms with Gasteiger partial charge in [0.25, 0.3) is 0 Å². The van der Waals surface area contributed by atoms with Gasteiger partial charge in [0.1, 0.15) is 6.33 Å². The number of hydrogen-bond donors (Lipinski definition) is 1. The molecule has 5 nitrogen and oxygen atoms in total. The van der Waals surface area contributed by atoms with Gasteiger partial charge in [0.05, 0.1) is 0 Å². The lowest BCUT2D eigenvalue weighted by molar-refractivity contribution is 0.496. The number of piperidine rings is 1. The summed E-state index contributed by atoms with van der Waals surface area (Å²) < 4.78 is 1.93. The monoisotopic (exact) mass is 181 g/mol. The van der Waals surface area contributed by atoms with Gasteiger partial charge in [-0.2, -0.15) is 0 Å². The molecule has 0 aromatic carbocycles. The van der Waals surface area contributed by atoms with Gasteiger partial charge in [-0.3, -0.25) is 0 Å². The highest BCUT2D eigenvalue weighted by molar-refractivity contribution is 5.30. The third kappa shape index (κ3) is 1.65. The van der Waals surface area contributed by atoms with Crippen molar-refractivity contribution in [1.82, 2.24) is 14.8 Å². The van der Waals surface area contributed by atoms with Crippen LogP contribution in [-0.4, -0.2) is 33.9 Å². The summed E-state index contributed by atoms with van der Waals surface area (Å²) >= 11 is 0. The topological polar surface area (TPSA) is 60.0 Å². The van der Waals surface area contributed by atoms with E-state index in [1.807, 2.05) is 11.6 Å². The van der Waals surface area contributed by atoms with E-state index in [-0.39, 0.29) is 6.04 Å². The number of anilines is 1. The SMILES string of the molecule is Cn1cnnc1N1CCC[C@@H](N)C1. The first-order chi connectivity index (χ1) is 6.27. The Morgan fingerprint density at radius 2 is 2.46 bits per heavy atom. The van der Waals surface area contributed by atoms with E-state index in [0.717, 1.165) is 31.9 Å². The van der Waals surface area contributed by atoms with Gasteiger partial charge in [0.15, 0.2) is 0 Å². The molecule has 2 rings (SSSR count). The molecule has 1 fully saturated rings. The van der Waals surface area contributed by atoms with Crippen LogP contribution in [0.2, 0.25) is 0 Å². The molecule has 0 bridgehead atoms. The number of nitrogens with zero attached hydrogens (tertiary/aromatic N) is 4. The van der Waals surface area contributed by atoms with Crippen molar-refractivity contribution in [2.45, 2.75) is 18.9 Å². The van der Waals surface area contributed by atoms with Crippen molar-refractivity contribution in [1.29, 1.82) is 0 Å². The molecule has 0 saturated carbocycles. The molecule has 2 N–H and O–H groups in total. The fourth-order valence-corrected chi connectivity index (χ4v) is 1.76. The van der Waals surface area contributed by atoms with Crippen molar-refractivity contribution >= 4 is 5.95 Å². The molecule has 72 valence electrons. The average molecular weight is 181 g/mol. The molecule has 0 amide bonds. The molecule has 5 heteroatoms. The summed E-state index contributed by atoms with van der Waals surface area (Å²) in [5, 5.41) is 7.91. The van der Waals surface area contributed by atoms with Gasteiger partial charge >= 0.3 is 0 Å². The van der Waals surface area contributed by atoms with Crippen molar-refractivity contribution in [2.24, 2.45) is 12.8 Å². The highest BCUT2D eigenvalue weighted by atomic mass is 15.4. The number of rotatable bonds is 1. The van der Waals surface area contributed by atoms with Crippen molar-refractivity contribution < 1.29 is 0 Å². The van der Waals surface area contributed by atoms with E-state index >= 15 is 0 Å². The number of aryl methyl sites for hydroxylation is 1. The Kier molecular flexibility index (Phi) is 2.18. The Labute approximate surface area is 77.5 Å². The largest absolute Gasteiger partial charge is 0.339 e. The molecule has 1 atom stereocenters. The molecule has 1 aromatic heterocycles. The second-order valence-electron chi connectivity index (χ2n) is 3.59. The highest BCUT2D eigenvalue weighted by Gasteiger charge is 2.19. The van der Waals surface area contributed by atoms with E-state index in [1.165, 1.54) is 0 Å². The summed E-state index contributed by atoms with van der Waals surface area (Å²) in [7, 11) is 1.95. The van der Waals surface area contributed by atoms with E-state index in [2.05, 4.69) is 15.1 Å². The Hall–Kier alpha value is -1.10. The van der Waals surface area contributed by atoms with Crippen LogP contribution in [0.5, 0.6) is 0 Å². The van der Waals surface area contributed by atoms with Crippen molar-refractivity contribution in [3.63, 3.8) is 0 Å². The Morgan fingerprint density at radius 3 is 3.08 bits per heavy atom. The summed E-state index contributed by atoms with van der Waals surface area (Å²) in [4.78, 5) is 2.20. The van der Waals surface area contributed by atoms with Gasteiger partial charge in [0.2, 0.25) is 5.95 Å². The highest BCUT2D eigenvalue weighted by Crippen LogP contribution is 2.15. The molecule has 1 aromatic rings. The number of nitrogens with two attached hydrogens (primary N) is 1. The van der Waals surface area contributed by atoms with Gasteiger partial charge in [-0.05, 0) is 12.8 Å². The molecule has 0 radical (unpaired) electrons. The molecular weight excluding hydrogens is 166 g/mol. The average Bonchev–Trinajstić information content (AvgIpc) is 2.51. The van der Waals surface area contributed by atoms with E-state index in [9.17, 15) is 0 Å². The molecule has 0 aliphatic carbocycles. The van der Waals surface area contributed by atoms with Crippen LogP contribution in [0.4, 0.5) is 5.95 Å². The second-order valence-corrected chi connectivity index (χ2v) is 3.59. The normalized spacial score (nSPS) is 23.5. The predicted octanol–water partition coefficient (Wildman–Crippen LogP) is -0.257. The molecule has 2 heterocycles.